The van der Waals surface area contributed by atoms with Crippen LogP contribution >= 0.6 is 15.9 Å². The van der Waals surface area contributed by atoms with Crippen molar-refractivity contribution in [3.8, 4) is 5.75 Å². The molecule has 0 unspecified atom stereocenters. The first kappa shape index (κ1) is 15.0. The second kappa shape index (κ2) is 5.94. The third-order valence-electron chi connectivity index (χ3n) is 2.77. The lowest BCUT2D eigenvalue weighted by atomic mass is 10.3. The topological polar surface area (TPSA) is 87.2 Å². The van der Waals surface area contributed by atoms with Gasteiger partial charge in [0, 0.05) is 25.4 Å². The Bertz CT molecular complexity index is 712. The van der Waals surface area contributed by atoms with E-state index in [2.05, 4.69) is 21.0 Å². The van der Waals surface area contributed by atoms with E-state index < -0.39 is 10.0 Å². The molecule has 0 aliphatic carbocycles. The molecule has 20 heavy (non-hydrogen) atoms. The zero-order valence-electron chi connectivity index (χ0n) is 10.8. The molecule has 0 spiro atoms. The van der Waals surface area contributed by atoms with Crippen LogP contribution in [0.3, 0.4) is 0 Å². The lowest BCUT2D eigenvalue weighted by Gasteiger charge is -2.09. The minimum atomic E-state index is -3.70. The molecule has 1 heterocycles. The fourth-order valence-corrected chi connectivity index (χ4v) is 2.87. The summed E-state index contributed by atoms with van der Waals surface area (Å²) in [6.45, 7) is 0.465. The van der Waals surface area contributed by atoms with Crippen LogP contribution in [-0.4, -0.2) is 24.8 Å². The quantitative estimate of drug-likeness (QED) is 0.874. The average Bonchev–Trinajstić information content (AvgIpc) is 2.76. The van der Waals surface area contributed by atoms with Crippen molar-refractivity contribution < 1.29 is 13.2 Å². The molecule has 0 aliphatic heterocycles. The van der Waals surface area contributed by atoms with E-state index in [1.165, 1.54) is 12.1 Å². The first-order chi connectivity index (χ1) is 9.38. The van der Waals surface area contributed by atoms with Gasteiger partial charge in [-0.25, -0.2) is 13.6 Å². The fourth-order valence-electron chi connectivity index (χ4n) is 1.69. The van der Waals surface area contributed by atoms with Gasteiger partial charge < -0.3 is 4.74 Å². The highest BCUT2D eigenvalue weighted by atomic mass is 79.9. The Balaban J connectivity index is 2.02. The number of primary sulfonamides is 1. The molecule has 8 heteroatoms. The van der Waals surface area contributed by atoms with Crippen molar-refractivity contribution in [1.82, 2.24) is 9.78 Å². The van der Waals surface area contributed by atoms with Crippen LogP contribution in [0.25, 0.3) is 0 Å². The first-order valence-electron chi connectivity index (χ1n) is 5.80. The second-order valence-electron chi connectivity index (χ2n) is 4.18. The normalized spacial score (nSPS) is 11.6. The van der Waals surface area contributed by atoms with Gasteiger partial charge in [-0.1, -0.05) is 0 Å². The van der Waals surface area contributed by atoms with Gasteiger partial charge in [0.25, 0.3) is 0 Å². The molecule has 0 amide bonds. The molecule has 108 valence electrons. The number of aryl methyl sites for hydroxylation is 1. The minimum Gasteiger partial charge on any atom is -0.492 e. The van der Waals surface area contributed by atoms with E-state index >= 15 is 0 Å². The lowest BCUT2D eigenvalue weighted by molar-refractivity contribution is 0.316. The van der Waals surface area contributed by atoms with E-state index in [0.717, 1.165) is 5.69 Å². The summed E-state index contributed by atoms with van der Waals surface area (Å²) in [6.07, 6.45) is 2.44. The molecule has 1 aromatic heterocycles. The standard InChI is InChI=1S/C12H14BrN3O3S/c1-16-9(4-6-15-16)5-7-19-12-3-2-10(8-11(12)13)20(14,17)18/h2-4,6,8H,5,7H2,1H3,(H2,14,17,18). The number of benzene rings is 1. The highest BCUT2D eigenvalue weighted by Gasteiger charge is 2.11. The zero-order chi connectivity index (χ0) is 14.8. The van der Waals surface area contributed by atoms with Crippen molar-refractivity contribution in [1.29, 1.82) is 0 Å². The third-order valence-corrected chi connectivity index (χ3v) is 4.30. The molecule has 6 nitrogen and oxygen atoms in total. The maximum Gasteiger partial charge on any atom is 0.238 e. The molecule has 0 fully saturated rings. The summed E-state index contributed by atoms with van der Waals surface area (Å²) < 4.78 is 30.4. The third kappa shape index (κ3) is 3.59. The van der Waals surface area contributed by atoms with Crippen molar-refractivity contribution in [2.24, 2.45) is 12.2 Å². The number of rotatable bonds is 5. The van der Waals surface area contributed by atoms with Crippen LogP contribution < -0.4 is 9.88 Å². The van der Waals surface area contributed by atoms with Crippen LogP contribution in [0.15, 0.2) is 39.8 Å². The van der Waals surface area contributed by atoms with Crippen LogP contribution in [-0.2, 0) is 23.5 Å². The molecule has 1 aromatic carbocycles. The van der Waals surface area contributed by atoms with Gasteiger partial charge in [0.05, 0.1) is 16.0 Å². The van der Waals surface area contributed by atoms with Crippen molar-refractivity contribution >= 4 is 26.0 Å². The average molecular weight is 360 g/mol. The van der Waals surface area contributed by atoms with Gasteiger partial charge in [0.2, 0.25) is 10.0 Å². The van der Waals surface area contributed by atoms with Crippen molar-refractivity contribution in [3.05, 3.63) is 40.6 Å². The van der Waals surface area contributed by atoms with Crippen LogP contribution in [0.4, 0.5) is 0 Å². The molecular weight excluding hydrogens is 346 g/mol. The van der Waals surface area contributed by atoms with Crippen LogP contribution in [0.2, 0.25) is 0 Å². The fraction of sp³-hybridized carbons (Fsp3) is 0.250. The summed E-state index contributed by atoms with van der Waals surface area (Å²) in [7, 11) is -1.83. The van der Waals surface area contributed by atoms with Crippen molar-refractivity contribution in [2.75, 3.05) is 6.61 Å². The van der Waals surface area contributed by atoms with Crippen LogP contribution in [0.5, 0.6) is 5.75 Å². The maximum absolute atomic E-state index is 11.2. The van der Waals surface area contributed by atoms with E-state index in [4.69, 9.17) is 9.88 Å². The molecule has 2 aromatic rings. The van der Waals surface area contributed by atoms with Crippen LogP contribution in [0, 0.1) is 0 Å². The van der Waals surface area contributed by atoms with Gasteiger partial charge >= 0.3 is 0 Å². The molecule has 2 rings (SSSR count). The molecular formula is C12H14BrN3O3S. The summed E-state index contributed by atoms with van der Waals surface area (Å²) in [6, 6.07) is 6.34. The Morgan fingerprint density at radius 1 is 1.40 bits per heavy atom. The Morgan fingerprint density at radius 2 is 2.15 bits per heavy atom. The number of hydrogen-bond donors (Lipinski definition) is 1. The number of hydrogen-bond acceptors (Lipinski definition) is 4. The molecule has 0 bridgehead atoms. The van der Waals surface area contributed by atoms with E-state index in [1.54, 1.807) is 16.9 Å². The molecule has 0 radical (unpaired) electrons. The van der Waals surface area contributed by atoms with Gasteiger partial charge in [-0.2, -0.15) is 5.10 Å². The number of ether oxygens (including phenoxy) is 1. The molecule has 2 N–H and O–H groups in total. The van der Waals surface area contributed by atoms with Crippen molar-refractivity contribution in [2.45, 2.75) is 11.3 Å². The Kier molecular flexibility index (Phi) is 4.46. The molecule has 0 aliphatic rings. The van der Waals surface area contributed by atoms with E-state index in [1.807, 2.05) is 13.1 Å². The monoisotopic (exact) mass is 359 g/mol. The predicted molar refractivity (Wildman–Crippen MR) is 77.9 cm³/mol. The Hall–Kier alpha value is -1.38. The number of aromatic nitrogens is 2. The SMILES string of the molecule is Cn1nccc1CCOc1ccc(S(N)(=O)=O)cc1Br. The Labute approximate surface area is 125 Å². The number of halogens is 1. The lowest BCUT2D eigenvalue weighted by Crippen LogP contribution is -2.12. The van der Waals surface area contributed by atoms with Gasteiger partial charge in [-0.15, -0.1) is 0 Å². The van der Waals surface area contributed by atoms with Gasteiger partial charge in [0.15, 0.2) is 0 Å². The molecule has 0 atom stereocenters. The first-order valence-corrected chi connectivity index (χ1v) is 8.14. The predicted octanol–water partition coefficient (Wildman–Crippen LogP) is 1.45. The number of nitrogens with two attached hydrogens (primary N) is 1. The second-order valence-corrected chi connectivity index (χ2v) is 6.60. The van der Waals surface area contributed by atoms with E-state index in [-0.39, 0.29) is 4.90 Å². The zero-order valence-corrected chi connectivity index (χ0v) is 13.2. The minimum absolute atomic E-state index is 0.0448. The van der Waals surface area contributed by atoms with Gasteiger partial charge in [0.1, 0.15) is 5.75 Å². The summed E-state index contributed by atoms with van der Waals surface area (Å²) >= 11 is 3.27. The number of nitrogens with zero attached hydrogens (tertiary/aromatic N) is 2. The number of sulfonamides is 1. The van der Waals surface area contributed by atoms with Gasteiger partial charge in [-0.05, 0) is 40.2 Å². The van der Waals surface area contributed by atoms with Crippen LogP contribution in [0.1, 0.15) is 5.69 Å². The highest BCUT2D eigenvalue weighted by molar-refractivity contribution is 9.10. The van der Waals surface area contributed by atoms with E-state index in [0.29, 0.717) is 23.2 Å². The largest absolute Gasteiger partial charge is 0.492 e. The summed E-state index contributed by atoms with van der Waals surface area (Å²) in [5.41, 5.74) is 1.06. The van der Waals surface area contributed by atoms with Gasteiger partial charge in [-0.3, -0.25) is 4.68 Å². The van der Waals surface area contributed by atoms with Crippen molar-refractivity contribution in [3.63, 3.8) is 0 Å². The highest BCUT2D eigenvalue weighted by Crippen LogP contribution is 2.27. The smallest absolute Gasteiger partial charge is 0.238 e. The summed E-state index contributed by atoms with van der Waals surface area (Å²) in [5, 5.41) is 9.13. The van der Waals surface area contributed by atoms with E-state index in [9.17, 15) is 8.42 Å². The maximum atomic E-state index is 11.2. The summed E-state index contributed by atoms with van der Waals surface area (Å²) in [4.78, 5) is 0.0448. The molecule has 0 saturated carbocycles. The Morgan fingerprint density at radius 3 is 2.70 bits per heavy atom. The summed E-state index contributed by atoms with van der Waals surface area (Å²) in [5.74, 6) is 0.569. The molecule has 0 saturated heterocycles.